The second-order valence-corrected chi connectivity index (χ2v) is 6.63. The number of hydrazine groups is 1. The van der Waals surface area contributed by atoms with Crippen molar-refractivity contribution in [2.75, 3.05) is 21.9 Å². The molecule has 0 bridgehead atoms. The predicted octanol–water partition coefficient (Wildman–Crippen LogP) is 6.42. The van der Waals surface area contributed by atoms with E-state index in [1.165, 1.54) is 5.69 Å². The van der Waals surface area contributed by atoms with Gasteiger partial charge in [-0.05, 0) is 49.2 Å². The van der Waals surface area contributed by atoms with Crippen LogP contribution in [0.2, 0.25) is 0 Å². The van der Waals surface area contributed by atoms with E-state index < -0.39 is 0 Å². The number of anilines is 3. The van der Waals surface area contributed by atoms with Crippen LogP contribution in [-0.2, 0) is 0 Å². The minimum atomic E-state index is 0.958. The summed E-state index contributed by atoms with van der Waals surface area (Å²) in [4.78, 5) is 0. The van der Waals surface area contributed by atoms with Crippen molar-refractivity contribution in [3.8, 4) is 0 Å². The number of hydrogen-bond acceptors (Lipinski definition) is 2. The molecule has 0 radical (unpaired) electrons. The van der Waals surface area contributed by atoms with Crippen molar-refractivity contribution in [2.24, 2.45) is 0 Å². The molecule has 2 nitrogen and oxygen atoms in total. The summed E-state index contributed by atoms with van der Waals surface area (Å²) in [5.41, 5.74) is 3.53. The summed E-state index contributed by atoms with van der Waals surface area (Å²) in [6.07, 6.45) is 2.27. The summed E-state index contributed by atoms with van der Waals surface area (Å²) in [7, 11) is 0. The lowest BCUT2D eigenvalue weighted by atomic mass is 10.2. The Hall–Kier alpha value is -2.26. The highest BCUT2D eigenvalue weighted by molar-refractivity contribution is 9.09. The number of rotatable bonds is 8. The van der Waals surface area contributed by atoms with Gasteiger partial charge in [-0.2, -0.15) is 0 Å². The zero-order valence-corrected chi connectivity index (χ0v) is 15.8. The van der Waals surface area contributed by atoms with Gasteiger partial charge in [-0.25, -0.2) is 0 Å². The van der Waals surface area contributed by atoms with E-state index in [0.29, 0.717) is 0 Å². The van der Waals surface area contributed by atoms with E-state index in [1.807, 2.05) is 0 Å². The lowest BCUT2D eigenvalue weighted by molar-refractivity contribution is 0.728. The minimum absolute atomic E-state index is 0.958. The van der Waals surface area contributed by atoms with Crippen molar-refractivity contribution < 1.29 is 0 Å². The van der Waals surface area contributed by atoms with Gasteiger partial charge in [0, 0.05) is 11.9 Å². The van der Waals surface area contributed by atoms with Gasteiger partial charge in [0.2, 0.25) is 0 Å². The molecule has 25 heavy (non-hydrogen) atoms. The average Bonchev–Trinajstić information content (AvgIpc) is 2.69. The van der Waals surface area contributed by atoms with Crippen LogP contribution in [0.1, 0.15) is 12.8 Å². The predicted molar refractivity (Wildman–Crippen MR) is 112 cm³/mol. The summed E-state index contributed by atoms with van der Waals surface area (Å²) < 4.78 is 0. The zero-order valence-electron chi connectivity index (χ0n) is 14.3. The van der Waals surface area contributed by atoms with Gasteiger partial charge in [0.15, 0.2) is 0 Å². The topological polar surface area (TPSA) is 6.48 Å². The van der Waals surface area contributed by atoms with E-state index in [9.17, 15) is 0 Å². The van der Waals surface area contributed by atoms with Crippen molar-refractivity contribution >= 4 is 33.0 Å². The first-order chi connectivity index (χ1) is 12.4. The van der Waals surface area contributed by atoms with E-state index in [2.05, 4.69) is 117 Å². The van der Waals surface area contributed by atoms with Crippen LogP contribution >= 0.6 is 15.9 Å². The SMILES string of the molecule is BrCCCCN(c1ccccc1)N(c1ccccc1)c1ccccc1. The van der Waals surface area contributed by atoms with Crippen molar-refractivity contribution in [3.63, 3.8) is 0 Å². The third kappa shape index (κ3) is 4.64. The molecule has 0 saturated carbocycles. The highest BCUT2D eigenvalue weighted by atomic mass is 79.9. The second kappa shape index (κ2) is 9.28. The fraction of sp³-hybridized carbons (Fsp3) is 0.182. The van der Waals surface area contributed by atoms with Crippen LogP contribution in [0.3, 0.4) is 0 Å². The Labute approximate surface area is 158 Å². The molecule has 3 rings (SSSR count). The highest BCUT2D eigenvalue weighted by Crippen LogP contribution is 2.30. The Kier molecular flexibility index (Phi) is 6.52. The molecule has 0 fully saturated rings. The molecule has 0 aromatic heterocycles. The third-order valence-corrected chi connectivity index (χ3v) is 4.61. The fourth-order valence-electron chi connectivity index (χ4n) is 2.87. The van der Waals surface area contributed by atoms with Crippen LogP contribution in [0, 0.1) is 0 Å². The van der Waals surface area contributed by atoms with E-state index in [1.54, 1.807) is 0 Å². The van der Waals surface area contributed by atoms with E-state index in [4.69, 9.17) is 0 Å². The lowest BCUT2D eigenvalue weighted by Gasteiger charge is -2.38. The molecule has 128 valence electrons. The summed E-state index contributed by atoms with van der Waals surface area (Å²) in [6.45, 7) is 0.958. The molecule has 0 aliphatic rings. The Morgan fingerprint density at radius 1 is 0.560 bits per heavy atom. The van der Waals surface area contributed by atoms with E-state index in [-0.39, 0.29) is 0 Å². The van der Waals surface area contributed by atoms with Gasteiger partial charge in [0.1, 0.15) is 0 Å². The Balaban J connectivity index is 2.03. The quantitative estimate of drug-likeness (QED) is 0.247. The first kappa shape index (κ1) is 17.6. The summed E-state index contributed by atoms with van der Waals surface area (Å²) in [6, 6.07) is 31.7. The van der Waals surface area contributed by atoms with Gasteiger partial charge in [-0.15, -0.1) is 0 Å². The zero-order chi connectivity index (χ0) is 17.3. The first-order valence-corrected chi connectivity index (χ1v) is 9.81. The van der Waals surface area contributed by atoms with Crippen LogP contribution < -0.4 is 10.0 Å². The molecule has 0 spiro atoms. The van der Waals surface area contributed by atoms with Crippen LogP contribution in [0.5, 0.6) is 0 Å². The van der Waals surface area contributed by atoms with Crippen molar-refractivity contribution in [1.29, 1.82) is 0 Å². The van der Waals surface area contributed by atoms with E-state index in [0.717, 1.165) is 36.1 Å². The number of para-hydroxylation sites is 3. The molecule has 0 heterocycles. The molecule has 0 unspecified atom stereocenters. The first-order valence-electron chi connectivity index (χ1n) is 8.69. The number of hydrogen-bond donors (Lipinski definition) is 0. The molecule has 0 aliphatic heterocycles. The molecule has 3 aromatic carbocycles. The minimum Gasteiger partial charge on any atom is -0.281 e. The van der Waals surface area contributed by atoms with Crippen LogP contribution in [-0.4, -0.2) is 11.9 Å². The van der Waals surface area contributed by atoms with E-state index >= 15 is 0 Å². The number of unbranched alkanes of at least 4 members (excludes halogenated alkanes) is 1. The monoisotopic (exact) mass is 394 g/mol. The molecule has 3 heteroatoms. The summed E-state index contributed by atoms with van der Waals surface area (Å²) >= 11 is 3.55. The molecular formula is C22H23BrN2. The van der Waals surface area contributed by atoms with Gasteiger partial charge in [0.05, 0.1) is 17.1 Å². The Morgan fingerprint density at radius 2 is 1.00 bits per heavy atom. The fourth-order valence-corrected chi connectivity index (χ4v) is 3.26. The maximum atomic E-state index is 3.55. The molecule has 0 aliphatic carbocycles. The summed E-state index contributed by atoms with van der Waals surface area (Å²) in [5.74, 6) is 0. The normalized spacial score (nSPS) is 10.4. The maximum absolute atomic E-state index is 3.55. The Bertz CT molecular complexity index is 692. The highest BCUT2D eigenvalue weighted by Gasteiger charge is 2.18. The van der Waals surface area contributed by atoms with Crippen LogP contribution in [0.4, 0.5) is 17.1 Å². The van der Waals surface area contributed by atoms with Gasteiger partial charge in [-0.1, -0.05) is 70.5 Å². The largest absolute Gasteiger partial charge is 0.281 e. The summed E-state index contributed by atoms with van der Waals surface area (Å²) in [5, 5.41) is 5.71. The molecule has 0 N–H and O–H groups in total. The number of alkyl halides is 1. The standard InChI is InChI=1S/C22H23BrN2/c23-18-10-11-19-24(20-12-4-1-5-13-20)25(21-14-6-2-7-15-21)22-16-8-3-9-17-22/h1-9,12-17H,10-11,18-19H2. The molecule has 0 atom stereocenters. The van der Waals surface area contributed by atoms with Gasteiger partial charge in [-0.3, -0.25) is 10.0 Å². The van der Waals surface area contributed by atoms with Crippen LogP contribution in [0.25, 0.3) is 0 Å². The number of nitrogens with zero attached hydrogens (tertiary/aromatic N) is 2. The van der Waals surface area contributed by atoms with Crippen molar-refractivity contribution in [3.05, 3.63) is 91.0 Å². The number of halogens is 1. The average molecular weight is 395 g/mol. The molecule has 3 aromatic rings. The van der Waals surface area contributed by atoms with Crippen molar-refractivity contribution in [1.82, 2.24) is 0 Å². The third-order valence-electron chi connectivity index (χ3n) is 4.05. The smallest absolute Gasteiger partial charge is 0.0632 e. The van der Waals surface area contributed by atoms with Crippen LogP contribution in [0.15, 0.2) is 91.0 Å². The lowest BCUT2D eigenvalue weighted by Crippen LogP contribution is -2.40. The van der Waals surface area contributed by atoms with Gasteiger partial charge >= 0.3 is 0 Å². The number of benzene rings is 3. The van der Waals surface area contributed by atoms with Crippen molar-refractivity contribution in [2.45, 2.75) is 12.8 Å². The Morgan fingerprint density at radius 3 is 1.44 bits per heavy atom. The molecule has 0 saturated heterocycles. The van der Waals surface area contributed by atoms with Gasteiger partial charge < -0.3 is 0 Å². The molecular weight excluding hydrogens is 372 g/mol. The maximum Gasteiger partial charge on any atom is 0.0632 e. The van der Waals surface area contributed by atoms with Gasteiger partial charge in [0.25, 0.3) is 0 Å². The second-order valence-electron chi connectivity index (χ2n) is 5.84. The molecule has 0 amide bonds.